The highest BCUT2D eigenvalue weighted by molar-refractivity contribution is 8.00. The predicted molar refractivity (Wildman–Crippen MR) is 122 cm³/mol. The van der Waals surface area contributed by atoms with Crippen molar-refractivity contribution in [3.8, 4) is 11.1 Å². The molecule has 1 N–H and O–H groups in total. The van der Waals surface area contributed by atoms with Gasteiger partial charge < -0.3 is 4.74 Å². The minimum atomic E-state index is -0.318. The zero-order chi connectivity index (χ0) is 20.9. The number of nitrogens with zero attached hydrogens (tertiary/aromatic N) is 4. The number of aromatic nitrogens is 4. The maximum absolute atomic E-state index is 12.9. The molecule has 7 nitrogen and oxygen atoms in total. The van der Waals surface area contributed by atoms with Gasteiger partial charge in [-0.25, -0.2) is 9.97 Å². The monoisotopic (exact) mass is 457 g/mol. The van der Waals surface area contributed by atoms with Gasteiger partial charge in [0.05, 0.1) is 10.6 Å². The van der Waals surface area contributed by atoms with Crippen LogP contribution in [0.4, 0.5) is 5.13 Å². The van der Waals surface area contributed by atoms with Crippen molar-refractivity contribution < 1.29 is 9.53 Å². The number of rotatable bonds is 8. The van der Waals surface area contributed by atoms with Gasteiger partial charge in [0.25, 0.3) is 0 Å². The summed E-state index contributed by atoms with van der Waals surface area (Å²) in [5.74, 6) is -0.120. The first-order valence-corrected chi connectivity index (χ1v) is 11.8. The van der Waals surface area contributed by atoms with Crippen LogP contribution in [0, 0.1) is 0 Å². The van der Waals surface area contributed by atoms with Crippen molar-refractivity contribution in [3.05, 3.63) is 47.0 Å². The summed E-state index contributed by atoms with van der Waals surface area (Å²) in [4.78, 5) is 22.7. The molecule has 30 heavy (non-hydrogen) atoms. The minimum Gasteiger partial charge on any atom is -0.377 e. The third kappa shape index (κ3) is 4.51. The maximum atomic E-state index is 12.9. The highest BCUT2D eigenvalue weighted by Gasteiger charge is 2.23. The maximum Gasteiger partial charge on any atom is 0.239 e. The molecule has 1 atom stereocenters. The third-order valence-corrected chi connectivity index (χ3v) is 7.37. The number of carbonyl (C=O) groups excluding carboxylic acids is 1. The van der Waals surface area contributed by atoms with Crippen LogP contribution in [0.1, 0.15) is 18.4 Å². The van der Waals surface area contributed by atoms with E-state index in [0.29, 0.717) is 18.2 Å². The quantitative estimate of drug-likeness (QED) is 0.298. The molecule has 0 fully saturated rings. The number of hydrogen-bond donors (Lipinski definition) is 1. The van der Waals surface area contributed by atoms with Crippen LogP contribution < -0.4 is 5.32 Å². The molecule has 3 aromatic heterocycles. The van der Waals surface area contributed by atoms with Gasteiger partial charge in [0.15, 0.2) is 0 Å². The molecule has 3 heterocycles. The van der Waals surface area contributed by atoms with E-state index in [1.165, 1.54) is 23.1 Å². The van der Waals surface area contributed by atoms with E-state index in [-0.39, 0.29) is 11.2 Å². The normalized spacial score (nSPS) is 12.2. The molecule has 0 spiro atoms. The molecule has 10 heteroatoms. The molecule has 154 valence electrons. The Morgan fingerprint density at radius 3 is 2.83 bits per heavy atom. The number of ether oxygens (including phenoxy) is 1. The standard InChI is InChI=1S/C20H19N5O2S3/c1-3-14(17(26)23-20-25-24-15(30-20)9-27-2)29-19-16-13(12-7-5-4-6-8-12)10-28-18(16)21-11-22-19/h4-8,10-11,14H,3,9H2,1-2H3,(H,23,25,26). The molecule has 0 radical (unpaired) electrons. The number of benzene rings is 1. The minimum absolute atomic E-state index is 0.120. The van der Waals surface area contributed by atoms with E-state index in [4.69, 9.17) is 4.74 Å². The Bertz CT molecular complexity index is 1150. The predicted octanol–water partition coefficient (Wildman–Crippen LogP) is 4.87. The van der Waals surface area contributed by atoms with Gasteiger partial charge in [-0.3, -0.25) is 10.1 Å². The van der Waals surface area contributed by atoms with Gasteiger partial charge >= 0.3 is 0 Å². The number of thiophene rings is 1. The average molecular weight is 458 g/mol. The molecule has 1 aromatic carbocycles. The van der Waals surface area contributed by atoms with Crippen LogP contribution in [0.2, 0.25) is 0 Å². The van der Waals surface area contributed by atoms with Crippen molar-refractivity contribution in [3.63, 3.8) is 0 Å². The zero-order valence-corrected chi connectivity index (χ0v) is 18.8. The molecular formula is C20H19N5O2S3. The number of hydrogen-bond acceptors (Lipinski definition) is 9. The summed E-state index contributed by atoms with van der Waals surface area (Å²) >= 11 is 4.35. The van der Waals surface area contributed by atoms with E-state index in [1.54, 1.807) is 24.8 Å². The number of amides is 1. The van der Waals surface area contributed by atoms with Gasteiger partial charge in [-0.05, 0) is 12.0 Å². The Kier molecular flexibility index (Phi) is 6.68. The lowest BCUT2D eigenvalue weighted by atomic mass is 10.1. The van der Waals surface area contributed by atoms with Crippen molar-refractivity contribution in [2.24, 2.45) is 0 Å². The average Bonchev–Trinajstić information content (AvgIpc) is 3.40. The number of fused-ring (bicyclic) bond motifs is 1. The lowest BCUT2D eigenvalue weighted by Crippen LogP contribution is -2.24. The van der Waals surface area contributed by atoms with Gasteiger partial charge in [0.1, 0.15) is 27.8 Å². The Labute approximate surface area is 185 Å². The molecule has 4 aromatic rings. The fourth-order valence-electron chi connectivity index (χ4n) is 2.90. The number of anilines is 1. The number of nitrogens with one attached hydrogen (secondary N) is 1. The highest BCUT2D eigenvalue weighted by Crippen LogP contribution is 2.39. The van der Waals surface area contributed by atoms with E-state index in [2.05, 4.69) is 43.0 Å². The van der Waals surface area contributed by atoms with Crippen LogP contribution in [0.25, 0.3) is 21.3 Å². The first kappa shape index (κ1) is 20.9. The molecule has 4 rings (SSSR count). The van der Waals surface area contributed by atoms with Crippen molar-refractivity contribution in [2.45, 2.75) is 30.2 Å². The van der Waals surface area contributed by atoms with E-state index in [1.807, 2.05) is 25.1 Å². The summed E-state index contributed by atoms with van der Waals surface area (Å²) in [7, 11) is 1.60. The summed E-state index contributed by atoms with van der Waals surface area (Å²) in [5, 5.41) is 15.7. The van der Waals surface area contributed by atoms with E-state index < -0.39 is 0 Å². The van der Waals surface area contributed by atoms with Gasteiger partial charge in [0.2, 0.25) is 11.0 Å². The second-order valence-electron chi connectivity index (χ2n) is 6.31. The SMILES string of the molecule is CCC(Sc1ncnc2scc(-c3ccccc3)c12)C(=O)Nc1nnc(COC)s1. The molecule has 0 aliphatic carbocycles. The lowest BCUT2D eigenvalue weighted by molar-refractivity contribution is -0.115. The summed E-state index contributed by atoms with van der Waals surface area (Å²) in [5.41, 5.74) is 2.19. The Morgan fingerprint density at radius 1 is 1.23 bits per heavy atom. The summed E-state index contributed by atoms with van der Waals surface area (Å²) < 4.78 is 5.05. The van der Waals surface area contributed by atoms with Crippen LogP contribution in [-0.2, 0) is 16.1 Å². The summed E-state index contributed by atoms with van der Waals surface area (Å²) in [6, 6.07) is 10.2. The zero-order valence-electron chi connectivity index (χ0n) is 16.4. The van der Waals surface area contributed by atoms with Crippen LogP contribution in [0.3, 0.4) is 0 Å². The van der Waals surface area contributed by atoms with Gasteiger partial charge in [-0.1, -0.05) is 60.4 Å². The Balaban J connectivity index is 1.58. The highest BCUT2D eigenvalue weighted by atomic mass is 32.2. The Morgan fingerprint density at radius 2 is 2.07 bits per heavy atom. The smallest absolute Gasteiger partial charge is 0.239 e. The topological polar surface area (TPSA) is 89.9 Å². The molecule has 1 unspecified atom stereocenters. The van der Waals surface area contributed by atoms with Gasteiger partial charge in [-0.15, -0.1) is 21.5 Å². The molecule has 0 bridgehead atoms. The number of methoxy groups -OCH3 is 1. The second-order valence-corrected chi connectivity index (χ2v) is 9.42. The van der Waals surface area contributed by atoms with Crippen LogP contribution >= 0.6 is 34.4 Å². The Hall–Kier alpha value is -2.40. The fraction of sp³-hybridized carbons (Fsp3) is 0.250. The molecular weight excluding hydrogens is 438 g/mol. The lowest BCUT2D eigenvalue weighted by Gasteiger charge is -2.14. The third-order valence-electron chi connectivity index (χ3n) is 4.30. The molecule has 1 amide bonds. The van der Waals surface area contributed by atoms with Crippen molar-refractivity contribution >= 4 is 55.7 Å². The molecule has 0 saturated heterocycles. The molecule has 0 aliphatic rings. The first-order chi connectivity index (χ1) is 14.7. The van der Waals surface area contributed by atoms with Crippen LogP contribution in [0.15, 0.2) is 47.1 Å². The fourth-order valence-corrected chi connectivity index (χ4v) is 5.63. The largest absolute Gasteiger partial charge is 0.377 e. The van der Waals surface area contributed by atoms with Crippen LogP contribution in [-0.4, -0.2) is 38.4 Å². The summed E-state index contributed by atoms with van der Waals surface area (Å²) in [6.45, 7) is 2.36. The number of carbonyl (C=O) groups is 1. The van der Waals surface area contributed by atoms with E-state index >= 15 is 0 Å². The summed E-state index contributed by atoms with van der Waals surface area (Å²) in [6.07, 6.45) is 2.21. The van der Waals surface area contributed by atoms with Crippen LogP contribution in [0.5, 0.6) is 0 Å². The van der Waals surface area contributed by atoms with E-state index in [9.17, 15) is 4.79 Å². The number of thioether (sulfide) groups is 1. The first-order valence-electron chi connectivity index (χ1n) is 9.26. The van der Waals surface area contributed by atoms with Crippen molar-refractivity contribution in [2.75, 3.05) is 12.4 Å². The molecule has 0 aliphatic heterocycles. The van der Waals surface area contributed by atoms with Crippen molar-refractivity contribution in [1.29, 1.82) is 0 Å². The molecule has 0 saturated carbocycles. The second kappa shape index (κ2) is 9.61. The van der Waals surface area contributed by atoms with Gasteiger partial charge in [-0.2, -0.15) is 0 Å². The van der Waals surface area contributed by atoms with Crippen molar-refractivity contribution in [1.82, 2.24) is 20.2 Å². The van der Waals surface area contributed by atoms with Gasteiger partial charge in [0, 0.05) is 18.1 Å². The van der Waals surface area contributed by atoms with E-state index in [0.717, 1.165) is 31.4 Å².